The van der Waals surface area contributed by atoms with Crippen molar-refractivity contribution >= 4 is 39.1 Å². The molecule has 160 valence electrons. The van der Waals surface area contributed by atoms with Crippen LogP contribution in [0.4, 0.5) is 5.69 Å². The second-order valence-electron chi connectivity index (χ2n) is 6.74. The van der Waals surface area contributed by atoms with Crippen LogP contribution in [-0.4, -0.2) is 62.7 Å². The lowest BCUT2D eigenvalue weighted by molar-refractivity contribution is -0.129. The molecular formula is C20H22ClN3O5S. The van der Waals surface area contributed by atoms with E-state index >= 15 is 0 Å². The van der Waals surface area contributed by atoms with E-state index in [2.05, 4.69) is 5.32 Å². The molecule has 0 aliphatic carbocycles. The van der Waals surface area contributed by atoms with E-state index in [-0.39, 0.29) is 29.5 Å². The van der Waals surface area contributed by atoms with Crippen LogP contribution in [0.2, 0.25) is 5.02 Å². The summed E-state index contributed by atoms with van der Waals surface area (Å²) in [7, 11) is -2.32. The van der Waals surface area contributed by atoms with Crippen LogP contribution in [0.15, 0.2) is 47.4 Å². The Morgan fingerprint density at radius 3 is 2.40 bits per heavy atom. The van der Waals surface area contributed by atoms with Gasteiger partial charge in [0, 0.05) is 43.7 Å². The SMILES string of the molecule is COc1ccc(Cl)cc1NC(=O)c1cccc(S(=O)(=O)N2CCN(C(C)=O)CC2)c1. The fraction of sp³-hybridized carbons (Fsp3) is 0.300. The number of sulfonamides is 1. The Balaban J connectivity index is 1.80. The number of hydrogen-bond donors (Lipinski definition) is 1. The van der Waals surface area contributed by atoms with Gasteiger partial charge < -0.3 is 15.0 Å². The van der Waals surface area contributed by atoms with Crippen molar-refractivity contribution < 1.29 is 22.7 Å². The molecule has 10 heteroatoms. The quantitative estimate of drug-likeness (QED) is 0.753. The predicted octanol–water partition coefficient (Wildman–Crippen LogP) is 2.45. The van der Waals surface area contributed by atoms with Crippen molar-refractivity contribution in [2.45, 2.75) is 11.8 Å². The highest BCUT2D eigenvalue weighted by molar-refractivity contribution is 7.89. The van der Waals surface area contributed by atoms with Gasteiger partial charge in [0.1, 0.15) is 5.75 Å². The number of piperazine rings is 1. The zero-order valence-corrected chi connectivity index (χ0v) is 18.2. The van der Waals surface area contributed by atoms with E-state index in [1.165, 1.54) is 42.6 Å². The summed E-state index contributed by atoms with van der Waals surface area (Å²) in [6.45, 7) is 2.55. The molecule has 1 heterocycles. The molecule has 0 saturated carbocycles. The van der Waals surface area contributed by atoms with Crippen LogP contribution in [0.5, 0.6) is 5.75 Å². The third-order valence-electron chi connectivity index (χ3n) is 4.83. The third-order valence-corrected chi connectivity index (χ3v) is 6.96. The first-order valence-corrected chi connectivity index (χ1v) is 11.0. The van der Waals surface area contributed by atoms with Gasteiger partial charge >= 0.3 is 0 Å². The van der Waals surface area contributed by atoms with E-state index in [1.54, 1.807) is 23.1 Å². The lowest BCUT2D eigenvalue weighted by atomic mass is 10.2. The molecule has 0 atom stereocenters. The summed E-state index contributed by atoms with van der Waals surface area (Å²) in [5.41, 5.74) is 0.559. The standard InChI is InChI=1S/C20H22ClN3O5S/c1-14(25)23-8-10-24(11-9-23)30(27,28)17-5-3-4-15(12-17)20(26)22-18-13-16(21)6-7-19(18)29-2/h3-7,12-13H,8-11H2,1-2H3,(H,22,26). The number of benzene rings is 2. The van der Waals surface area contributed by atoms with Crippen LogP contribution in [0.25, 0.3) is 0 Å². The van der Waals surface area contributed by atoms with Gasteiger partial charge in [-0.1, -0.05) is 17.7 Å². The average molecular weight is 452 g/mol. The first kappa shape index (κ1) is 22.1. The van der Waals surface area contributed by atoms with Gasteiger partial charge in [0.2, 0.25) is 15.9 Å². The number of nitrogens with one attached hydrogen (secondary N) is 1. The molecule has 0 aromatic heterocycles. The van der Waals surface area contributed by atoms with Gasteiger partial charge in [0.25, 0.3) is 5.91 Å². The van der Waals surface area contributed by atoms with Crippen LogP contribution in [0.3, 0.4) is 0 Å². The molecule has 2 aromatic carbocycles. The maximum absolute atomic E-state index is 13.0. The van der Waals surface area contributed by atoms with Crippen molar-refractivity contribution in [3.8, 4) is 5.75 Å². The van der Waals surface area contributed by atoms with Gasteiger partial charge in [0.05, 0.1) is 17.7 Å². The molecule has 1 aliphatic rings. The first-order chi connectivity index (χ1) is 14.2. The molecule has 1 fully saturated rings. The van der Waals surface area contributed by atoms with Crippen molar-refractivity contribution in [2.75, 3.05) is 38.6 Å². The molecular weight excluding hydrogens is 430 g/mol. The summed E-state index contributed by atoms with van der Waals surface area (Å²) in [6, 6.07) is 10.6. The molecule has 0 bridgehead atoms. The summed E-state index contributed by atoms with van der Waals surface area (Å²) in [5, 5.41) is 3.12. The first-order valence-electron chi connectivity index (χ1n) is 9.23. The van der Waals surface area contributed by atoms with E-state index in [4.69, 9.17) is 16.3 Å². The molecule has 0 spiro atoms. The highest BCUT2D eigenvalue weighted by Gasteiger charge is 2.29. The smallest absolute Gasteiger partial charge is 0.255 e. The maximum Gasteiger partial charge on any atom is 0.255 e. The van der Waals surface area contributed by atoms with Gasteiger partial charge in [-0.3, -0.25) is 9.59 Å². The molecule has 0 unspecified atom stereocenters. The van der Waals surface area contributed by atoms with E-state index in [0.29, 0.717) is 29.5 Å². The summed E-state index contributed by atoms with van der Waals surface area (Å²) in [4.78, 5) is 25.8. The summed E-state index contributed by atoms with van der Waals surface area (Å²) < 4.78 is 32.5. The molecule has 1 aliphatic heterocycles. The van der Waals surface area contributed by atoms with Crippen LogP contribution in [-0.2, 0) is 14.8 Å². The van der Waals surface area contributed by atoms with Crippen molar-refractivity contribution in [1.82, 2.24) is 9.21 Å². The highest BCUT2D eigenvalue weighted by Crippen LogP contribution is 2.28. The van der Waals surface area contributed by atoms with Gasteiger partial charge in [-0.2, -0.15) is 4.31 Å². The Bertz CT molecular complexity index is 1070. The van der Waals surface area contributed by atoms with Crippen LogP contribution in [0, 0.1) is 0 Å². The Morgan fingerprint density at radius 2 is 1.77 bits per heavy atom. The monoisotopic (exact) mass is 451 g/mol. The van der Waals surface area contributed by atoms with E-state index < -0.39 is 15.9 Å². The van der Waals surface area contributed by atoms with E-state index in [1.807, 2.05) is 0 Å². The molecule has 3 rings (SSSR count). The molecule has 2 aromatic rings. The molecule has 8 nitrogen and oxygen atoms in total. The molecule has 30 heavy (non-hydrogen) atoms. The number of nitrogens with zero attached hydrogens (tertiary/aromatic N) is 2. The van der Waals surface area contributed by atoms with Gasteiger partial charge in [-0.15, -0.1) is 0 Å². The largest absolute Gasteiger partial charge is 0.495 e. The Labute approximate surface area is 180 Å². The molecule has 1 saturated heterocycles. The Hall–Kier alpha value is -2.62. The minimum atomic E-state index is -3.79. The number of amides is 2. The fourth-order valence-electron chi connectivity index (χ4n) is 3.16. The predicted molar refractivity (Wildman–Crippen MR) is 113 cm³/mol. The topological polar surface area (TPSA) is 96.0 Å². The van der Waals surface area contributed by atoms with E-state index in [0.717, 1.165) is 0 Å². The summed E-state index contributed by atoms with van der Waals surface area (Å²) >= 11 is 5.99. The number of carbonyl (C=O) groups is 2. The van der Waals surface area contributed by atoms with Crippen LogP contribution >= 0.6 is 11.6 Å². The number of anilines is 1. The van der Waals surface area contributed by atoms with Gasteiger partial charge in [-0.25, -0.2) is 8.42 Å². The minimum absolute atomic E-state index is 0.0180. The average Bonchev–Trinajstić information content (AvgIpc) is 2.74. The molecule has 0 radical (unpaired) electrons. The van der Waals surface area contributed by atoms with Crippen molar-refractivity contribution in [3.05, 3.63) is 53.1 Å². The van der Waals surface area contributed by atoms with Gasteiger partial charge in [-0.05, 0) is 36.4 Å². The van der Waals surface area contributed by atoms with Crippen LogP contribution in [0.1, 0.15) is 17.3 Å². The number of rotatable bonds is 5. The number of halogens is 1. The third kappa shape index (κ3) is 4.75. The lowest BCUT2D eigenvalue weighted by Crippen LogP contribution is -2.49. The van der Waals surface area contributed by atoms with Crippen molar-refractivity contribution in [2.24, 2.45) is 0 Å². The van der Waals surface area contributed by atoms with Crippen molar-refractivity contribution in [3.63, 3.8) is 0 Å². The Morgan fingerprint density at radius 1 is 1.07 bits per heavy atom. The highest BCUT2D eigenvalue weighted by atomic mass is 35.5. The van der Waals surface area contributed by atoms with Crippen molar-refractivity contribution in [1.29, 1.82) is 0 Å². The lowest BCUT2D eigenvalue weighted by Gasteiger charge is -2.33. The summed E-state index contributed by atoms with van der Waals surface area (Å²) in [5.74, 6) is -0.143. The Kier molecular flexibility index (Phi) is 6.64. The second-order valence-corrected chi connectivity index (χ2v) is 9.11. The number of ether oxygens (including phenoxy) is 1. The summed E-state index contributed by atoms with van der Waals surface area (Å²) in [6.07, 6.45) is 0. The van der Waals surface area contributed by atoms with Gasteiger partial charge in [0.15, 0.2) is 0 Å². The van der Waals surface area contributed by atoms with E-state index in [9.17, 15) is 18.0 Å². The zero-order valence-electron chi connectivity index (χ0n) is 16.6. The molecule has 1 N–H and O–H groups in total. The second kappa shape index (κ2) is 9.03. The zero-order chi connectivity index (χ0) is 21.9. The minimum Gasteiger partial charge on any atom is -0.495 e. The number of carbonyl (C=O) groups excluding carboxylic acids is 2. The maximum atomic E-state index is 13.0. The fourth-order valence-corrected chi connectivity index (χ4v) is 4.80. The normalized spacial score (nSPS) is 15.0. The number of methoxy groups -OCH3 is 1. The number of hydrogen-bond acceptors (Lipinski definition) is 5. The molecule has 2 amide bonds. The van der Waals surface area contributed by atoms with Crippen LogP contribution < -0.4 is 10.1 Å².